The summed E-state index contributed by atoms with van der Waals surface area (Å²) in [4.78, 5) is 12.9. The molecular weight excluding hydrogens is 314 g/mol. The van der Waals surface area contributed by atoms with Crippen LogP contribution in [0.1, 0.15) is 15.3 Å². The standard InChI is InChI=1S/C13H15NO5S2/c1-8-5-12(9(2)20-8)21(17,18)14-11(13(15)16)6-10-3-4-19-7-10/h3-5,7,11,14H,6H2,1-2H3,(H,15,16). The third-order valence-electron chi connectivity index (χ3n) is 2.90. The molecule has 0 bridgehead atoms. The highest BCUT2D eigenvalue weighted by Crippen LogP contribution is 2.25. The van der Waals surface area contributed by atoms with Crippen molar-refractivity contribution in [2.24, 2.45) is 0 Å². The number of hydrogen-bond acceptors (Lipinski definition) is 5. The molecule has 0 saturated carbocycles. The van der Waals surface area contributed by atoms with Gasteiger partial charge in [0.1, 0.15) is 6.04 Å². The van der Waals surface area contributed by atoms with Gasteiger partial charge in [-0.05, 0) is 31.5 Å². The molecule has 0 aliphatic carbocycles. The number of aryl methyl sites for hydroxylation is 2. The van der Waals surface area contributed by atoms with E-state index in [9.17, 15) is 18.3 Å². The molecule has 21 heavy (non-hydrogen) atoms. The van der Waals surface area contributed by atoms with Crippen molar-refractivity contribution in [3.8, 4) is 0 Å². The molecule has 0 fully saturated rings. The van der Waals surface area contributed by atoms with Crippen molar-refractivity contribution < 1.29 is 22.7 Å². The van der Waals surface area contributed by atoms with E-state index in [4.69, 9.17) is 4.42 Å². The molecule has 1 atom stereocenters. The minimum atomic E-state index is -3.87. The fraction of sp³-hybridized carbons (Fsp3) is 0.308. The Balaban J connectivity index is 2.23. The SMILES string of the molecule is Cc1cc(S(=O)(=O)NC(Cc2ccoc2)C(=O)O)c(C)s1. The number of furan rings is 1. The Labute approximate surface area is 126 Å². The monoisotopic (exact) mass is 329 g/mol. The number of aliphatic carboxylic acids is 1. The normalized spacial score (nSPS) is 13.2. The largest absolute Gasteiger partial charge is 0.480 e. The van der Waals surface area contributed by atoms with Crippen molar-refractivity contribution in [3.63, 3.8) is 0 Å². The lowest BCUT2D eigenvalue weighted by atomic mass is 10.1. The van der Waals surface area contributed by atoms with E-state index < -0.39 is 22.0 Å². The zero-order chi connectivity index (χ0) is 15.6. The Morgan fingerprint density at radius 2 is 2.19 bits per heavy atom. The molecule has 2 heterocycles. The number of rotatable bonds is 6. The van der Waals surface area contributed by atoms with E-state index in [1.54, 1.807) is 26.0 Å². The lowest BCUT2D eigenvalue weighted by Crippen LogP contribution is -2.42. The second-order valence-electron chi connectivity index (χ2n) is 4.63. The Morgan fingerprint density at radius 3 is 2.67 bits per heavy atom. The molecule has 114 valence electrons. The maximum atomic E-state index is 12.3. The highest BCUT2D eigenvalue weighted by molar-refractivity contribution is 7.89. The average molecular weight is 329 g/mol. The van der Waals surface area contributed by atoms with Gasteiger partial charge in [0.25, 0.3) is 0 Å². The van der Waals surface area contributed by atoms with Gasteiger partial charge in [-0.15, -0.1) is 11.3 Å². The maximum absolute atomic E-state index is 12.3. The van der Waals surface area contributed by atoms with Crippen molar-refractivity contribution >= 4 is 27.3 Å². The van der Waals surface area contributed by atoms with E-state index in [0.717, 1.165) is 4.88 Å². The summed E-state index contributed by atoms with van der Waals surface area (Å²) < 4.78 is 31.7. The second-order valence-corrected chi connectivity index (χ2v) is 7.77. The Bertz CT molecular complexity index is 731. The van der Waals surface area contributed by atoms with Gasteiger partial charge >= 0.3 is 5.97 Å². The van der Waals surface area contributed by atoms with Crippen LogP contribution in [0.15, 0.2) is 34.0 Å². The zero-order valence-corrected chi connectivity index (χ0v) is 13.1. The number of carboxylic acid groups (broad SMARTS) is 1. The average Bonchev–Trinajstić information content (AvgIpc) is 2.98. The first-order valence-electron chi connectivity index (χ1n) is 6.13. The van der Waals surface area contributed by atoms with E-state index in [-0.39, 0.29) is 11.3 Å². The Morgan fingerprint density at radius 1 is 1.48 bits per heavy atom. The second kappa shape index (κ2) is 6.00. The van der Waals surface area contributed by atoms with E-state index >= 15 is 0 Å². The quantitative estimate of drug-likeness (QED) is 0.844. The maximum Gasteiger partial charge on any atom is 0.322 e. The van der Waals surface area contributed by atoms with E-state index in [1.165, 1.54) is 23.9 Å². The van der Waals surface area contributed by atoms with Crippen LogP contribution in [-0.2, 0) is 21.2 Å². The van der Waals surface area contributed by atoms with Crippen molar-refractivity contribution in [1.29, 1.82) is 0 Å². The van der Waals surface area contributed by atoms with Gasteiger partial charge in [0.05, 0.1) is 17.4 Å². The minimum Gasteiger partial charge on any atom is -0.480 e. The summed E-state index contributed by atoms with van der Waals surface area (Å²) in [5.41, 5.74) is 0.614. The van der Waals surface area contributed by atoms with Crippen molar-refractivity contribution in [3.05, 3.63) is 40.0 Å². The van der Waals surface area contributed by atoms with Crippen LogP contribution in [0.2, 0.25) is 0 Å². The summed E-state index contributed by atoms with van der Waals surface area (Å²) in [6.45, 7) is 3.49. The molecule has 2 aromatic heterocycles. The first-order chi connectivity index (χ1) is 9.79. The predicted molar refractivity (Wildman–Crippen MR) is 78.0 cm³/mol. The summed E-state index contributed by atoms with van der Waals surface area (Å²) >= 11 is 1.36. The molecule has 6 nitrogen and oxygen atoms in total. The fourth-order valence-corrected chi connectivity index (χ4v) is 4.69. The molecule has 0 saturated heterocycles. The number of sulfonamides is 1. The molecule has 2 rings (SSSR count). The summed E-state index contributed by atoms with van der Waals surface area (Å²) in [5.74, 6) is -1.23. The topological polar surface area (TPSA) is 96.6 Å². The highest BCUT2D eigenvalue weighted by atomic mass is 32.2. The molecule has 0 aromatic carbocycles. The molecule has 8 heteroatoms. The van der Waals surface area contributed by atoms with Crippen LogP contribution in [0.5, 0.6) is 0 Å². The van der Waals surface area contributed by atoms with E-state index in [1.807, 2.05) is 0 Å². The van der Waals surface area contributed by atoms with Gasteiger partial charge in [0.15, 0.2) is 0 Å². The molecule has 2 aromatic rings. The summed E-state index contributed by atoms with van der Waals surface area (Å²) in [7, 11) is -3.87. The van der Waals surface area contributed by atoms with Gasteiger partial charge in [-0.2, -0.15) is 4.72 Å². The van der Waals surface area contributed by atoms with Crippen LogP contribution in [0.3, 0.4) is 0 Å². The minimum absolute atomic E-state index is 0.0211. The van der Waals surface area contributed by atoms with Crippen LogP contribution in [0, 0.1) is 13.8 Å². The molecule has 2 N–H and O–H groups in total. The van der Waals surface area contributed by atoms with Crippen molar-refractivity contribution in [2.45, 2.75) is 31.2 Å². The fourth-order valence-electron chi connectivity index (χ4n) is 1.95. The molecule has 0 spiro atoms. The van der Waals surface area contributed by atoms with Gasteiger partial charge in [-0.1, -0.05) is 0 Å². The van der Waals surface area contributed by atoms with Gasteiger partial charge in [0.2, 0.25) is 10.0 Å². The Hall–Kier alpha value is -1.64. The molecule has 0 aliphatic rings. The number of carbonyl (C=O) groups is 1. The summed E-state index contributed by atoms with van der Waals surface area (Å²) in [5, 5.41) is 9.20. The summed E-state index contributed by atoms with van der Waals surface area (Å²) in [6.07, 6.45) is 2.83. The lowest BCUT2D eigenvalue weighted by Gasteiger charge is -2.13. The Kier molecular flexibility index (Phi) is 4.50. The molecular formula is C13H15NO5S2. The third-order valence-corrected chi connectivity index (χ3v) is 5.59. The van der Waals surface area contributed by atoms with Gasteiger partial charge in [-0.3, -0.25) is 4.79 Å². The predicted octanol–water partition coefficient (Wildman–Crippen LogP) is 1.93. The van der Waals surface area contributed by atoms with Gasteiger partial charge < -0.3 is 9.52 Å². The van der Waals surface area contributed by atoms with Crippen LogP contribution in [-0.4, -0.2) is 25.5 Å². The number of nitrogens with one attached hydrogen (secondary N) is 1. The van der Waals surface area contributed by atoms with E-state index in [2.05, 4.69) is 4.72 Å². The highest BCUT2D eigenvalue weighted by Gasteiger charge is 2.27. The summed E-state index contributed by atoms with van der Waals surface area (Å²) in [6, 6.07) is 1.90. The van der Waals surface area contributed by atoms with Crippen molar-refractivity contribution in [1.82, 2.24) is 4.72 Å². The first kappa shape index (κ1) is 15.7. The molecule has 0 amide bonds. The van der Waals surface area contributed by atoms with Crippen LogP contribution >= 0.6 is 11.3 Å². The zero-order valence-electron chi connectivity index (χ0n) is 11.5. The van der Waals surface area contributed by atoms with Gasteiger partial charge in [-0.25, -0.2) is 8.42 Å². The van der Waals surface area contributed by atoms with Crippen LogP contribution < -0.4 is 4.72 Å². The number of carboxylic acids is 1. The smallest absolute Gasteiger partial charge is 0.322 e. The number of thiophene rings is 1. The lowest BCUT2D eigenvalue weighted by molar-refractivity contribution is -0.138. The number of hydrogen-bond donors (Lipinski definition) is 2. The van der Waals surface area contributed by atoms with Crippen LogP contribution in [0.4, 0.5) is 0 Å². The third kappa shape index (κ3) is 3.72. The van der Waals surface area contributed by atoms with Crippen LogP contribution in [0.25, 0.3) is 0 Å². The van der Waals surface area contributed by atoms with Gasteiger partial charge in [0, 0.05) is 16.2 Å². The first-order valence-corrected chi connectivity index (χ1v) is 8.43. The molecule has 0 aliphatic heterocycles. The molecule has 1 unspecified atom stereocenters. The van der Waals surface area contributed by atoms with Crippen molar-refractivity contribution in [2.75, 3.05) is 0 Å². The van der Waals surface area contributed by atoms with E-state index in [0.29, 0.717) is 10.4 Å². The molecule has 0 radical (unpaired) electrons.